The molecule has 146 valence electrons. The second-order valence-electron chi connectivity index (χ2n) is 7.28. The van der Waals surface area contributed by atoms with E-state index in [-0.39, 0.29) is 6.10 Å². The average Bonchev–Trinajstić information content (AvgIpc) is 3.15. The van der Waals surface area contributed by atoms with E-state index in [0.29, 0.717) is 6.10 Å². The van der Waals surface area contributed by atoms with Gasteiger partial charge >= 0.3 is 0 Å². The molecule has 2 heterocycles. The normalized spacial score (nSPS) is 16.9. The number of rotatable bonds is 9. The Kier molecular flexibility index (Phi) is 7.07. The van der Waals surface area contributed by atoms with Gasteiger partial charge in [-0.25, -0.2) is 0 Å². The highest BCUT2D eigenvalue weighted by Gasteiger charge is 2.20. The maximum Gasteiger partial charge on any atom is 0.161 e. The zero-order valence-electron chi connectivity index (χ0n) is 16.6. The third kappa shape index (κ3) is 5.94. The van der Waals surface area contributed by atoms with E-state index < -0.39 is 0 Å². The van der Waals surface area contributed by atoms with Crippen molar-refractivity contribution in [1.29, 1.82) is 0 Å². The largest absolute Gasteiger partial charge is 0.493 e. The second-order valence-corrected chi connectivity index (χ2v) is 7.28. The van der Waals surface area contributed by atoms with Crippen LogP contribution in [0.4, 0.5) is 0 Å². The van der Waals surface area contributed by atoms with Gasteiger partial charge in [-0.2, -0.15) is 0 Å². The Morgan fingerprint density at radius 1 is 1.19 bits per heavy atom. The van der Waals surface area contributed by atoms with E-state index in [2.05, 4.69) is 28.1 Å². The van der Waals surface area contributed by atoms with Crippen molar-refractivity contribution in [3.05, 3.63) is 53.9 Å². The van der Waals surface area contributed by atoms with Crippen LogP contribution >= 0.6 is 0 Å². The van der Waals surface area contributed by atoms with Crippen LogP contribution in [0.2, 0.25) is 0 Å². The Morgan fingerprint density at radius 2 is 2.07 bits per heavy atom. The molecular weight excluding hydrogens is 340 g/mol. The number of methoxy groups -OCH3 is 1. The fourth-order valence-corrected chi connectivity index (χ4v) is 3.41. The lowest BCUT2D eigenvalue weighted by Gasteiger charge is -2.25. The Hall–Kier alpha value is -2.11. The first kappa shape index (κ1) is 19.6. The lowest BCUT2D eigenvalue weighted by atomic mass is 10.1. The van der Waals surface area contributed by atoms with Crippen LogP contribution in [0.5, 0.6) is 11.5 Å². The second kappa shape index (κ2) is 9.72. The van der Waals surface area contributed by atoms with Gasteiger partial charge in [0.2, 0.25) is 0 Å². The van der Waals surface area contributed by atoms with Gasteiger partial charge in [0.1, 0.15) is 0 Å². The summed E-state index contributed by atoms with van der Waals surface area (Å²) >= 11 is 0. The molecule has 1 aliphatic heterocycles. The number of ether oxygens (including phenoxy) is 3. The summed E-state index contributed by atoms with van der Waals surface area (Å²) in [7, 11) is 1.67. The summed E-state index contributed by atoms with van der Waals surface area (Å²) in [6.45, 7) is 7.44. The number of nitrogens with zero attached hydrogens (tertiary/aromatic N) is 2. The van der Waals surface area contributed by atoms with E-state index in [9.17, 15) is 0 Å². The summed E-state index contributed by atoms with van der Waals surface area (Å²) in [6.07, 6.45) is 4.53. The molecule has 0 amide bonds. The van der Waals surface area contributed by atoms with Gasteiger partial charge < -0.3 is 14.2 Å². The lowest BCUT2D eigenvalue weighted by Crippen LogP contribution is -2.31. The Labute approximate surface area is 162 Å². The fourth-order valence-electron chi connectivity index (χ4n) is 3.41. The molecule has 1 aromatic heterocycles. The monoisotopic (exact) mass is 370 g/mol. The standard InChI is InChI=1S/C22H30N2O3/c1-17(2)27-22-13-18(9-10-21(22)25-3)14-24(16-20-8-6-12-26-20)15-19-7-4-5-11-23-19/h4-5,7,9-11,13,17,20H,6,8,12,14-16H2,1-3H3. The van der Waals surface area contributed by atoms with Crippen LogP contribution < -0.4 is 9.47 Å². The highest BCUT2D eigenvalue weighted by molar-refractivity contribution is 5.43. The molecular formula is C22H30N2O3. The Bertz CT molecular complexity index is 700. The summed E-state index contributed by atoms with van der Waals surface area (Å²) in [4.78, 5) is 6.89. The first-order valence-electron chi connectivity index (χ1n) is 9.71. The van der Waals surface area contributed by atoms with Crippen molar-refractivity contribution < 1.29 is 14.2 Å². The average molecular weight is 370 g/mol. The molecule has 0 aliphatic carbocycles. The quantitative estimate of drug-likeness (QED) is 0.666. The van der Waals surface area contributed by atoms with E-state index in [1.54, 1.807) is 7.11 Å². The highest BCUT2D eigenvalue weighted by Crippen LogP contribution is 2.30. The molecule has 5 heteroatoms. The molecule has 0 spiro atoms. The minimum Gasteiger partial charge on any atom is -0.493 e. The molecule has 1 aromatic carbocycles. The van der Waals surface area contributed by atoms with Gasteiger partial charge in [0, 0.05) is 32.4 Å². The van der Waals surface area contributed by atoms with Crippen LogP contribution in [0, 0.1) is 0 Å². The third-order valence-corrected chi connectivity index (χ3v) is 4.59. The van der Waals surface area contributed by atoms with Crippen LogP contribution in [0.15, 0.2) is 42.6 Å². The molecule has 1 atom stereocenters. The number of pyridine rings is 1. The van der Waals surface area contributed by atoms with Gasteiger partial charge in [-0.1, -0.05) is 12.1 Å². The molecule has 27 heavy (non-hydrogen) atoms. The predicted octanol–water partition coefficient (Wildman–Crippen LogP) is 4.06. The maximum atomic E-state index is 5.93. The van der Waals surface area contributed by atoms with E-state index in [0.717, 1.165) is 56.3 Å². The van der Waals surface area contributed by atoms with Crippen LogP contribution in [0.1, 0.15) is 37.9 Å². The van der Waals surface area contributed by atoms with Crippen molar-refractivity contribution in [2.45, 2.75) is 52.0 Å². The van der Waals surface area contributed by atoms with Crippen molar-refractivity contribution >= 4 is 0 Å². The van der Waals surface area contributed by atoms with Gasteiger partial charge in [-0.3, -0.25) is 9.88 Å². The smallest absolute Gasteiger partial charge is 0.161 e. The summed E-state index contributed by atoms with van der Waals surface area (Å²) in [5.74, 6) is 1.56. The molecule has 0 N–H and O–H groups in total. The SMILES string of the molecule is COc1ccc(CN(Cc2ccccn2)CC2CCCO2)cc1OC(C)C. The topological polar surface area (TPSA) is 43.8 Å². The molecule has 1 unspecified atom stereocenters. The zero-order chi connectivity index (χ0) is 19.1. The predicted molar refractivity (Wildman–Crippen MR) is 106 cm³/mol. The number of hydrogen-bond donors (Lipinski definition) is 0. The van der Waals surface area contributed by atoms with E-state index in [1.807, 2.05) is 38.2 Å². The molecule has 1 fully saturated rings. The molecule has 0 bridgehead atoms. The Morgan fingerprint density at radius 3 is 2.74 bits per heavy atom. The summed E-state index contributed by atoms with van der Waals surface area (Å²) < 4.78 is 17.2. The van der Waals surface area contributed by atoms with E-state index in [1.165, 1.54) is 5.56 Å². The summed E-state index contributed by atoms with van der Waals surface area (Å²) in [5.41, 5.74) is 2.27. The van der Waals surface area contributed by atoms with Crippen molar-refractivity contribution in [2.24, 2.45) is 0 Å². The van der Waals surface area contributed by atoms with Gasteiger partial charge in [0.25, 0.3) is 0 Å². The van der Waals surface area contributed by atoms with Crippen molar-refractivity contribution in [2.75, 3.05) is 20.3 Å². The first-order chi connectivity index (χ1) is 13.1. The summed E-state index contributed by atoms with van der Waals surface area (Å²) in [6, 6.07) is 12.2. The Balaban J connectivity index is 1.75. The molecule has 5 nitrogen and oxygen atoms in total. The van der Waals surface area contributed by atoms with Crippen molar-refractivity contribution in [3.63, 3.8) is 0 Å². The lowest BCUT2D eigenvalue weighted by molar-refractivity contribution is 0.0674. The van der Waals surface area contributed by atoms with Crippen LogP contribution in [0.3, 0.4) is 0 Å². The third-order valence-electron chi connectivity index (χ3n) is 4.59. The highest BCUT2D eigenvalue weighted by atomic mass is 16.5. The van der Waals surface area contributed by atoms with Crippen LogP contribution in [-0.4, -0.2) is 42.4 Å². The number of aromatic nitrogens is 1. The minimum atomic E-state index is 0.102. The van der Waals surface area contributed by atoms with Gasteiger partial charge in [-0.05, 0) is 56.5 Å². The molecule has 1 saturated heterocycles. The van der Waals surface area contributed by atoms with Crippen LogP contribution in [-0.2, 0) is 17.8 Å². The van der Waals surface area contributed by atoms with E-state index >= 15 is 0 Å². The molecule has 1 aliphatic rings. The fraction of sp³-hybridized carbons (Fsp3) is 0.500. The molecule has 0 radical (unpaired) electrons. The first-order valence-corrected chi connectivity index (χ1v) is 9.71. The molecule has 3 rings (SSSR count). The van der Waals surface area contributed by atoms with Gasteiger partial charge in [0.15, 0.2) is 11.5 Å². The van der Waals surface area contributed by atoms with E-state index in [4.69, 9.17) is 14.2 Å². The van der Waals surface area contributed by atoms with Crippen molar-refractivity contribution in [3.8, 4) is 11.5 Å². The molecule has 2 aromatic rings. The van der Waals surface area contributed by atoms with Gasteiger partial charge in [-0.15, -0.1) is 0 Å². The van der Waals surface area contributed by atoms with Crippen LogP contribution in [0.25, 0.3) is 0 Å². The van der Waals surface area contributed by atoms with Gasteiger partial charge in [0.05, 0.1) is 25.0 Å². The number of benzene rings is 1. The molecule has 0 saturated carbocycles. The maximum absolute atomic E-state index is 5.93. The number of hydrogen-bond acceptors (Lipinski definition) is 5. The summed E-state index contributed by atoms with van der Waals surface area (Å²) in [5, 5.41) is 0. The van der Waals surface area contributed by atoms with Crippen molar-refractivity contribution in [1.82, 2.24) is 9.88 Å². The minimum absolute atomic E-state index is 0.102. The zero-order valence-corrected chi connectivity index (χ0v) is 16.6.